The average molecular weight is 243 g/mol. The highest BCUT2D eigenvalue weighted by atomic mass is 19.1. The molecule has 1 aromatic carbocycles. The van der Waals surface area contributed by atoms with E-state index in [9.17, 15) is 9.18 Å². The fourth-order valence-corrected chi connectivity index (χ4v) is 2.09. The van der Waals surface area contributed by atoms with E-state index in [0.29, 0.717) is 5.56 Å². The largest absolute Gasteiger partial charge is 0.327 e. The first kappa shape index (κ1) is 10.7. The number of fused-ring (bicyclic) bond motifs is 1. The van der Waals surface area contributed by atoms with Crippen molar-refractivity contribution in [3.63, 3.8) is 0 Å². The third-order valence-electron chi connectivity index (χ3n) is 2.91. The fraction of sp³-hybridized carbons (Fsp3) is 0.0769. The molecule has 1 aromatic heterocycles. The zero-order valence-corrected chi connectivity index (χ0v) is 9.35. The molecule has 0 radical (unpaired) electrons. The Kier molecular flexibility index (Phi) is 2.44. The molecule has 0 saturated carbocycles. The lowest BCUT2D eigenvalue weighted by molar-refractivity contribution is 0.248. The topological polar surface area (TPSA) is 54.0 Å². The molecule has 1 aliphatic heterocycles. The highest BCUT2D eigenvalue weighted by molar-refractivity contribution is 5.93. The van der Waals surface area contributed by atoms with Gasteiger partial charge < -0.3 is 10.6 Å². The van der Waals surface area contributed by atoms with E-state index in [-0.39, 0.29) is 11.7 Å². The number of anilines is 1. The van der Waals surface area contributed by atoms with Gasteiger partial charge in [0.15, 0.2) is 0 Å². The molecule has 2 N–H and O–H groups in total. The number of pyridine rings is 1. The number of hydrogen-bond donors (Lipinski definition) is 2. The van der Waals surface area contributed by atoms with Crippen LogP contribution in [0.2, 0.25) is 0 Å². The molecular weight excluding hydrogens is 233 g/mol. The van der Waals surface area contributed by atoms with Crippen molar-refractivity contribution in [2.24, 2.45) is 0 Å². The summed E-state index contributed by atoms with van der Waals surface area (Å²) in [5.41, 5.74) is 1.82. The zero-order chi connectivity index (χ0) is 12.5. The Morgan fingerprint density at radius 2 is 1.94 bits per heavy atom. The van der Waals surface area contributed by atoms with E-state index in [2.05, 4.69) is 15.6 Å². The second-order valence-corrected chi connectivity index (χ2v) is 4.02. The molecule has 2 aromatic rings. The van der Waals surface area contributed by atoms with Crippen LogP contribution in [0.15, 0.2) is 42.7 Å². The Balaban J connectivity index is 2.14. The second-order valence-electron chi connectivity index (χ2n) is 4.02. The van der Waals surface area contributed by atoms with Gasteiger partial charge in [-0.25, -0.2) is 9.18 Å². The molecule has 0 aliphatic carbocycles. The van der Waals surface area contributed by atoms with E-state index in [1.807, 2.05) is 0 Å². The molecule has 1 aliphatic rings. The summed E-state index contributed by atoms with van der Waals surface area (Å²) >= 11 is 0. The van der Waals surface area contributed by atoms with E-state index in [1.54, 1.807) is 36.7 Å². The van der Waals surface area contributed by atoms with Gasteiger partial charge >= 0.3 is 6.03 Å². The van der Waals surface area contributed by atoms with Gasteiger partial charge in [0.1, 0.15) is 5.82 Å². The first-order valence-corrected chi connectivity index (χ1v) is 5.51. The molecule has 0 fully saturated rings. The van der Waals surface area contributed by atoms with Gasteiger partial charge in [-0.05, 0) is 23.8 Å². The Labute approximate surface area is 103 Å². The Hall–Kier alpha value is -2.43. The van der Waals surface area contributed by atoms with Crippen LogP contribution in [-0.4, -0.2) is 11.0 Å². The number of carbonyl (C=O) groups excluding carboxylic acids is 1. The van der Waals surface area contributed by atoms with Gasteiger partial charge in [-0.15, -0.1) is 0 Å². The smallest absolute Gasteiger partial charge is 0.320 e. The van der Waals surface area contributed by atoms with Gasteiger partial charge in [-0.1, -0.05) is 12.1 Å². The summed E-state index contributed by atoms with van der Waals surface area (Å²) in [4.78, 5) is 15.5. The number of para-hydroxylation sites is 1. The molecule has 4 nitrogen and oxygen atoms in total. The molecule has 2 heterocycles. The molecule has 90 valence electrons. The molecule has 5 heteroatoms. The number of halogens is 1. The average Bonchev–Trinajstić information content (AvgIpc) is 2.40. The Bertz CT molecular complexity index is 600. The zero-order valence-electron chi connectivity index (χ0n) is 9.35. The standard InChI is InChI=1S/C13H10FN3O/c14-10-3-1-2-9-11(8-4-6-15-7-5-8)16-13(18)17-12(9)10/h1-7,11H,(H2,16,17,18). The van der Waals surface area contributed by atoms with Crippen molar-refractivity contribution in [2.75, 3.05) is 5.32 Å². The third-order valence-corrected chi connectivity index (χ3v) is 2.91. The maximum atomic E-state index is 13.7. The molecule has 1 atom stereocenters. The Morgan fingerprint density at radius 3 is 2.72 bits per heavy atom. The van der Waals surface area contributed by atoms with Crippen molar-refractivity contribution in [3.05, 3.63) is 59.7 Å². The summed E-state index contributed by atoms with van der Waals surface area (Å²) in [5.74, 6) is -0.429. The minimum Gasteiger partial charge on any atom is -0.327 e. The Morgan fingerprint density at radius 1 is 1.17 bits per heavy atom. The second kappa shape index (κ2) is 4.10. The summed E-state index contributed by atoms with van der Waals surface area (Å²) in [6, 6.07) is 7.57. The van der Waals surface area contributed by atoms with Gasteiger partial charge in [0.05, 0.1) is 11.7 Å². The van der Waals surface area contributed by atoms with Crippen LogP contribution in [0.25, 0.3) is 0 Å². The highest BCUT2D eigenvalue weighted by Gasteiger charge is 2.27. The lowest BCUT2D eigenvalue weighted by Crippen LogP contribution is -2.38. The summed E-state index contributed by atoms with van der Waals surface area (Å²) in [7, 11) is 0. The molecular formula is C13H10FN3O. The minimum atomic E-state index is -0.429. The summed E-state index contributed by atoms with van der Waals surface area (Å²) in [6.07, 6.45) is 3.28. The van der Waals surface area contributed by atoms with Crippen LogP contribution in [0.3, 0.4) is 0 Å². The van der Waals surface area contributed by atoms with Crippen molar-refractivity contribution < 1.29 is 9.18 Å². The van der Waals surface area contributed by atoms with Gasteiger partial charge in [-0.2, -0.15) is 0 Å². The predicted octanol–water partition coefficient (Wildman–Crippen LogP) is 2.45. The SMILES string of the molecule is O=C1Nc2c(F)cccc2C(c2ccncc2)N1. The number of urea groups is 1. The predicted molar refractivity (Wildman–Crippen MR) is 64.6 cm³/mol. The van der Waals surface area contributed by atoms with E-state index in [4.69, 9.17) is 0 Å². The number of benzene rings is 1. The summed E-state index contributed by atoms with van der Waals surface area (Å²) in [5, 5.41) is 5.26. The normalized spacial score (nSPS) is 17.6. The number of hydrogen-bond acceptors (Lipinski definition) is 2. The van der Waals surface area contributed by atoms with Crippen LogP contribution in [0.1, 0.15) is 17.2 Å². The van der Waals surface area contributed by atoms with Crippen LogP contribution < -0.4 is 10.6 Å². The highest BCUT2D eigenvalue weighted by Crippen LogP contribution is 2.32. The molecule has 1 unspecified atom stereocenters. The molecule has 2 amide bonds. The number of rotatable bonds is 1. The molecule has 0 spiro atoms. The van der Waals surface area contributed by atoms with Gasteiger partial charge in [0, 0.05) is 18.0 Å². The maximum Gasteiger partial charge on any atom is 0.320 e. The van der Waals surface area contributed by atoms with Gasteiger partial charge in [-0.3, -0.25) is 4.98 Å². The number of nitrogens with zero attached hydrogens (tertiary/aromatic N) is 1. The van der Waals surface area contributed by atoms with Crippen molar-refractivity contribution >= 4 is 11.7 Å². The van der Waals surface area contributed by atoms with E-state index in [1.165, 1.54) is 6.07 Å². The number of carbonyl (C=O) groups is 1. The first-order chi connectivity index (χ1) is 8.75. The quantitative estimate of drug-likeness (QED) is 0.808. The molecule has 0 bridgehead atoms. The third kappa shape index (κ3) is 1.69. The molecule has 18 heavy (non-hydrogen) atoms. The summed E-state index contributed by atoms with van der Waals surface area (Å²) in [6.45, 7) is 0. The molecule has 3 rings (SSSR count). The van der Waals surface area contributed by atoms with Crippen molar-refractivity contribution in [2.45, 2.75) is 6.04 Å². The van der Waals surface area contributed by atoms with Gasteiger partial charge in [0.25, 0.3) is 0 Å². The number of amides is 2. The molecule has 0 saturated heterocycles. The first-order valence-electron chi connectivity index (χ1n) is 5.51. The van der Waals surface area contributed by atoms with E-state index < -0.39 is 11.8 Å². The van der Waals surface area contributed by atoms with Gasteiger partial charge in [0.2, 0.25) is 0 Å². The van der Waals surface area contributed by atoms with Crippen LogP contribution in [0.5, 0.6) is 0 Å². The van der Waals surface area contributed by atoms with Crippen molar-refractivity contribution in [1.82, 2.24) is 10.3 Å². The summed E-state index contributed by atoms with van der Waals surface area (Å²) < 4.78 is 13.7. The van der Waals surface area contributed by atoms with Crippen LogP contribution in [0, 0.1) is 5.82 Å². The van der Waals surface area contributed by atoms with E-state index in [0.717, 1.165) is 5.56 Å². The lowest BCUT2D eigenvalue weighted by Gasteiger charge is -2.27. The number of nitrogens with one attached hydrogen (secondary N) is 2. The van der Waals surface area contributed by atoms with Crippen molar-refractivity contribution in [3.8, 4) is 0 Å². The lowest BCUT2D eigenvalue weighted by atomic mass is 9.96. The monoisotopic (exact) mass is 243 g/mol. The number of aromatic nitrogens is 1. The van der Waals surface area contributed by atoms with Crippen LogP contribution in [-0.2, 0) is 0 Å². The minimum absolute atomic E-state index is 0.239. The van der Waals surface area contributed by atoms with Crippen molar-refractivity contribution in [1.29, 1.82) is 0 Å². The van der Waals surface area contributed by atoms with Crippen LogP contribution >= 0.6 is 0 Å². The van der Waals surface area contributed by atoms with E-state index >= 15 is 0 Å². The maximum absolute atomic E-state index is 13.7. The fourth-order valence-electron chi connectivity index (χ4n) is 2.09. The van der Waals surface area contributed by atoms with Crippen LogP contribution in [0.4, 0.5) is 14.9 Å².